The maximum Gasteiger partial charge on any atom is 0.283 e. The van der Waals surface area contributed by atoms with Gasteiger partial charge < -0.3 is 0 Å². The van der Waals surface area contributed by atoms with Gasteiger partial charge in [0.25, 0.3) is 5.69 Å². The van der Waals surface area contributed by atoms with E-state index in [0.717, 1.165) is 12.1 Å². The Hall–Kier alpha value is -2.46. The highest BCUT2D eigenvalue weighted by Gasteiger charge is 2.18. The lowest BCUT2D eigenvalue weighted by molar-refractivity contribution is -0.387. The third kappa shape index (κ3) is 2.75. The van der Waals surface area contributed by atoms with Crippen LogP contribution in [0.2, 0.25) is 0 Å². The Bertz CT molecular complexity index is 706. The summed E-state index contributed by atoms with van der Waals surface area (Å²) in [5.41, 5.74) is -0.382. The second kappa shape index (κ2) is 5.67. The number of nitrogens with zero attached hydrogens (tertiary/aromatic N) is 2. The molecule has 0 aliphatic rings. The lowest BCUT2D eigenvalue weighted by Gasteiger charge is -2.05. The van der Waals surface area contributed by atoms with Crippen LogP contribution in [-0.2, 0) is 0 Å². The minimum absolute atomic E-state index is 0.125. The molecule has 0 saturated heterocycles. The van der Waals surface area contributed by atoms with Crippen molar-refractivity contribution >= 4 is 17.4 Å². The zero-order valence-corrected chi connectivity index (χ0v) is 10.7. The Kier molecular flexibility index (Phi) is 3.96. The summed E-state index contributed by atoms with van der Waals surface area (Å²) in [6.45, 7) is 0. The summed E-state index contributed by atoms with van der Waals surface area (Å²) in [5.74, 6) is -1.85. The van der Waals surface area contributed by atoms with Gasteiger partial charge in [-0.3, -0.25) is 10.1 Å². The molecule has 0 aliphatic carbocycles. The van der Waals surface area contributed by atoms with Crippen LogP contribution < -0.4 is 0 Å². The fraction of sp³-hybridized carbons (Fsp3) is 0. The predicted octanol–water partition coefficient (Wildman–Crippen LogP) is 3.90. The van der Waals surface area contributed by atoms with Crippen molar-refractivity contribution in [2.75, 3.05) is 0 Å². The van der Waals surface area contributed by atoms with Crippen molar-refractivity contribution < 1.29 is 13.7 Å². The first-order chi connectivity index (χ1) is 9.52. The molecular formula is C13H6F2N2O2S. The molecule has 0 N–H and O–H groups in total. The molecule has 7 heteroatoms. The van der Waals surface area contributed by atoms with E-state index in [1.165, 1.54) is 24.3 Å². The normalized spacial score (nSPS) is 10.1. The molecule has 0 fully saturated rings. The van der Waals surface area contributed by atoms with Gasteiger partial charge in [-0.25, -0.2) is 8.78 Å². The molecule has 100 valence electrons. The number of nitro groups is 1. The average Bonchev–Trinajstić information content (AvgIpc) is 2.42. The Morgan fingerprint density at radius 2 is 1.80 bits per heavy atom. The topological polar surface area (TPSA) is 66.9 Å². The van der Waals surface area contributed by atoms with Crippen LogP contribution in [0.5, 0.6) is 0 Å². The molecule has 0 unspecified atom stereocenters. The molecule has 2 rings (SSSR count). The second-order valence-electron chi connectivity index (χ2n) is 3.71. The van der Waals surface area contributed by atoms with Gasteiger partial charge in [0.05, 0.1) is 26.3 Å². The van der Waals surface area contributed by atoms with Crippen LogP contribution in [0.15, 0.2) is 46.2 Å². The van der Waals surface area contributed by atoms with Gasteiger partial charge in [-0.2, -0.15) is 5.26 Å². The Labute approximate surface area is 116 Å². The van der Waals surface area contributed by atoms with Crippen molar-refractivity contribution in [1.29, 1.82) is 5.26 Å². The van der Waals surface area contributed by atoms with Crippen molar-refractivity contribution in [3.05, 3.63) is 63.7 Å². The fourth-order valence-corrected chi connectivity index (χ4v) is 2.45. The molecule has 20 heavy (non-hydrogen) atoms. The number of hydrogen-bond acceptors (Lipinski definition) is 4. The van der Waals surface area contributed by atoms with Crippen molar-refractivity contribution in [3.8, 4) is 6.07 Å². The first-order valence-electron chi connectivity index (χ1n) is 5.33. The molecule has 0 amide bonds. The average molecular weight is 292 g/mol. The Balaban J connectivity index is 2.46. The van der Waals surface area contributed by atoms with Crippen LogP contribution in [0.3, 0.4) is 0 Å². The molecule has 0 radical (unpaired) electrons. The van der Waals surface area contributed by atoms with Crippen molar-refractivity contribution in [2.24, 2.45) is 0 Å². The minimum Gasteiger partial charge on any atom is -0.258 e. The molecule has 0 heterocycles. The summed E-state index contributed by atoms with van der Waals surface area (Å²) in [4.78, 5) is 9.97. The lowest BCUT2D eigenvalue weighted by Crippen LogP contribution is -1.93. The van der Waals surface area contributed by atoms with Crippen LogP contribution >= 0.6 is 11.8 Å². The summed E-state index contributed by atoms with van der Waals surface area (Å²) < 4.78 is 27.5. The second-order valence-corrected chi connectivity index (χ2v) is 4.76. The first-order valence-corrected chi connectivity index (χ1v) is 6.15. The summed E-state index contributed by atoms with van der Waals surface area (Å²) in [6, 6.07) is 9.07. The lowest BCUT2D eigenvalue weighted by atomic mass is 10.2. The number of rotatable bonds is 3. The first kappa shape index (κ1) is 14.0. The van der Waals surface area contributed by atoms with E-state index in [9.17, 15) is 18.9 Å². The number of hydrogen-bond donors (Lipinski definition) is 0. The van der Waals surface area contributed by atoms with E-state index in [1.54, 1.807) is 6.07 Å². The molecule has 0 atom stereocenters. The molecule has 0 aliphatic heterocycles. The van der Waals surface area contributed by atoms with Crippen molar-refractivity contribution in [2.45, 2.75) is 9.79 Å². The number of nitro benzene ring substituents is 1. The summed E-state index contributed by atoms with van der Waals surface area (Å²) in [7, 11) is 0. The van der Waals surface area contributed by atoms with E-state index in [2.05, 4.69) is 0 Å². The van der Waals surface area contributed by atoms with Crippen LogP contribution in [0.25, 0.3) is 0 Å². The van der Waals surface area contributed by atoms with Crippen LogP contribution in [-0.4, -0.2) is 4.92 Å². The molecule has 0 saturated carbocycles. The summed E-state index contributed by atoms with van der Waals surface area (Å²) in [5, 5.41) is 19.4. The van der Waals surface area contributed by atoms with Crippen molar-refractivity contribution in [1.82, 2.24) is 0 Å². The molecule has 0 spiro atoms. The highest BCUT2D eigenvalue weighted by Crippen LogP contribution is 2.37. The third-order valence-electron chi connectivity index (χ3n) is 2.40. The number of para-hydroxylation sites is 1. The van der Waals surface area contributed by atoms with E-state index in [0.29, 0.717) is 11.8 Å². The molecule has 0 bridgehead atoms. The highest BCUT2D eigenvalue weighted by atomic mass is 32.2. The summed E-state index contributed by atoms with van der Waals surface area (Å²) in [6.07, 6.45) is 0. The SMILES string of the molecule is N#Cc1cc(F)c(Sc2ccccc2[N+](=O)[O-])c(F)c1. The van der Waals surface area contributed by atoms with E-state index >= 15 is 0 Å². The van der Waals surface area contributed by atoms with Gasteiger partial charge in [-0.05, 0) is 18.2 Å². The van der Waals surface area contributed by atoms with Gasteiger partial charge in [0.15, 0.2) is 0 Å². The van der Waals surface area contributed by atoms with Gasteiger partial charge in [-0.1, -0.05) is 23.9 Å². The number of benzene rings is 2. The van der Waals surface area contributed by atoms with E-state index < -0.39 is 16.6 Å². The van der Waals surface area contributed by atoms with Crippen molar-refractivity contribution in [3.63, 3.8) is 0 Å². The number of halogens is 2. The van der Waals surface area contributed by atoms with E-state index in [4.69, 9.17) is 5.26 Å². The molecule has 0 aromatic heterocycles. The third-order valence-corrected chi connectivity index (χ3v) is 3.56. The predicted molar refractivity (Wildman–Crippen MR) is 68.3 cm³/mol. The quantitative estimate of drug-likeness (QED) is 0.635. The molecular weight excluding hydrogens is 286 g/mol. The van der Waals surface area contributed by atoms with Gasteiger partial charge >= 0.3 is 0 Å². The van der Waals surface area contributed by atoms with Gasteiger partial charge in [0.2, 0.25) is 0 Å². The number of nitriles is 1. The maximum absolute atomic E-state index is 13.7. The zero-order chi connectivity index (χ0) is 14.7. The van der Waals surface area contributed by atoms with E-state index in [1.807, 2.05) is 0 Å². The standard InChI is InChI=1S/C13H6F2N2O2S/c14-9-5-8(7-16)6-10(15)13(9)20-12-4-2-1-3-11(12)17(18)19/h1-6H. The highest BCUT2D eigenvalue weighted by molar-refractivity contribution is 7.99. The van der Waals surface area contributed by atoms with Gasteiger partial charge in [0.1, 0.15) is 11.6 Å². The molecule has 2 aromatic carbocycles. The van der Waals surface area contributed by atoms with Gasteiger partial charge in [0, 0.05) is 6.07 Å². The minimum atomic E-state index is -0.926. The Morgan fingerprint density at radius 3 is 2.35 bits per heavy atom. The van der Waals surface area contributed by atoms with E-state index in [-0.39, 0.29) is 21.0 Å². The van der Waals surface area contributed by atoms with Crippen LogP contribution in [0.4, 0.5) is 14.5 Å². The van der Waals surface area contributed by atoms with Crippen LogP contribution in [0.1, 0.15) is 5.56 Å². The fourth-order valence-electron chi connectivity index (χ4n) is 1.53. The van der Waals surface area contributed by atoms with Crippen LogP contribution in [0, 0.1) is 33.1 Å². The monoisotopic (exact) mass is 292 g/mol. The van der Waals surface area contributed by atoms with Gasteiger partial charge in [-0.15, -0.1) is 0 Å². The zero-order valence-electron chi connectivity index (χ0n) is 9.84. The molecule has 2 aromatic rings. The largest absolute Gasteiger partial charge is 0.283 e. The summed E-state index contributed by atoms with van der Waals surface area (Å²) >= 11 is 0.614. The Morgan fingerprint density at radius 1 is 1.20 bits per heavy atom. The molecule has 4 nitrogen and oxygen atoms in total. The smallest absolute Gasteiger partial charge is 0.258 e. The maximum atomic E-state index is 13.7.